The maximum atomic E-state index is 3.46. The van der Waals surface area contributed by atoms with Crippen LogP contribution in [-0.2, 0) is 21.7 Å². The molecular formula is C36H32Ti-2. The molecule has 37 heavy (non-hydrogen) atoms. The van der Waals surface area contributed by atoms with E-state index in [4.69, 9.17) is 0 Å². The molecule has 0 amide bonds. The smallest absolute Gasteiger partial charge is 1.00 e. The molecule has 0 aliphatic heterocycles. The first-order valence-corrected chi connectivity index (χ1v) is 12.6. The van der Waals surface area contributed by atoms with Gasteiger partial charge in [0.2, 0.25) is 0 Å². The minimum Gasteiger partial charge on any atom is -1.00 e. The number of hydrogen-bond donors (Lipinski definition) is 0. The van der Waals surface area contributed by atoms with E-state index in [0.717, 1.165) is 12.8 Å². The summed E-state index contributed by atoms with van der Waals surface area (Å²) < 4.78 is 0. The van der Waals surface area contributed by atoms with Gasteiger partial charge in [0.05, 0.1) is 0 Å². The Kier molecular flexibility index (Phi) is 9.12. The number of allylic oxidation sites excluding steroid dienone is 8. The summed E-state index contributed by atoms with van der Waals surface area (Å²) in [5.41, 5.74) is 13.2. The molecule has 0 bridgehead atoms. The van der Waals surface area contributed by atoms with Gasteiger partial charge in [-0.1, -0.05) is 146 Å². The molecule has 0 heterocycles. The van der Waals surface area contributed by atoms with Crippen molar-refractivity contribution in [1.29, 1.82) is 0 Å². The minimum atomic E-state index is 0. The van der Waals surface area contributed by atoms with Crippen LogP contribution >= 0.6 is 0 Å². The maximum Gasteiger partial charge on any atom is 2.00 e. The van der Waals surface area contributed by atoms with Crippen LogP contribution < -0.4 is 0 Å². The van der Waals surface area contributed by atoms with Crippen LogP contribution in [0.15, 0.2) is 132 Å². The fraction of sp³-hybridized carbons (Fsp3) is 0.111. The van der Waals surface area contributed by atoms with Crippen LogP contribution in [0.5, 0.6) is 0 Å². The monoisotopic (exact) mass is 512 g/mol. The third kappa shape index (κ3) is 6.11. The van der Waals surface area contributed by atoms with Crippen molar-refractivity contribution in [3.8, 4) is 0 Å². The van der Waals surface area contributed by atoms with Crippen LogP contribution in [0, 0.1) is 12.2 Å². The zero-order valence-corrected chi connectivity index (χ0v) is 23.0. The van der Waals surface area contributed by atoms with Gasteiger partial charge in [-0.2, -0.15) is 11.1 Å². The molecule has 0 nitrogen and oxygen atoms in total. The van der Waals surface area contributed by atoms with Gasteiger partial charge in [0.1, 0.15) is 0 Å². The molecule has 0 atom stereocenters. The average molecular weight is 513 g/mol. The van der Waals surface area contributed by atoms with E-state index in [2.05, 4.69) is 147 Å². The number of rotatable bonds is 4. The Balaban J connectivity index is 0.000000254. The fourth-order valence-corrected chi connectivity index (χ4v) is 5.01. The summed E-state index contributed by atoms with van der Waals surface area (Å²) in [5, 5.41) is 0. The van der Waals surface area contributed by atoms with Crippen molar-refractivity contribution in [2.75, 3.05) is 0 Å². The molecule has 0 N–H and O–H groups in total. The molecule has 4 aromatic carbocycles. The molecular weight excluding hydrogens is 480 g/mol. The van der Waals surface area contributed by atoms with Crippen molar-refractivity contribution in [1.82, 2.24) is 0 Å². The Morgan fingerprint density at radius 2 is 0.703 bits per heavy atom. The van der Waals surface area contributed by atoms with Gasteiger partial charge in [-0.15, -0.1) is 24.0 Å². The molecule has 0 spiro atoms. The van der Waals surface area contributed by atoms with Gasteiger partial charge in [-0.3, -0.25) is 12.2 Å². The van der Waals surface area contributed by atoms with Gasteiger partial charge in [0, 0.05) is 0 Å². The van der Waals surface area contributed by atoms with Crippen molar-refractivity contribution in [3.63, 3.8) is 0 Å². The van der Waals surface area contributed by atoms with Crippen LogP contribution in [0.2, 0.25) is 0 Å². The third-order valence-electron chi connectivity index (χ3n) is 6.78. The molecule has 2 aliphatic rings. The summed E-state index contributed by atoms with van der Waals surface area (Å²) in [7, 11) is 0. The molecule has 4 aromatic rings. The van der Waals surface area contributed by atoms with Crippen molar-refractivity contribution < 1.29 is 24.6 Å². The summed E-state index contributed by atoms with van der Waals surface area (Å²) in [6, 6.07) is 42.4. The molecule has 0 saturated carbocycles. The third-order valence-corrected chi connectivity index (χ3v) is 6.78. The van der Waals surface area contributed by atoms with E-state index in [0.29, 0.717) is 0 Å². The van der Waals surface area contributed by atoms with E-state index < -0.39 is 0 Å². The van der Waals surface area contributed by atoms with Gasteiger partial charge in [-0.25, -0.2) is 11.1 Å². The molecule has 0 aromatic heterocycles. The van der Waals surface area contributed by atoms with Gasteiger partial charge < -0.3 is 2.85 Å². The standard InChI is InChI=1S/2C18H15.Ti.2H/c2*1-14-12-13-17(15-8-4-2-5-9-15)18(14)16-10-6-3-7-11-16;;;/h2*2-11H,13H2,1H3;;;/q2*-1;+2;2*-1. The van der Waals surface area contributed by atoms with Gasteiger partial charge in [0.25, 0.3) is 0 Å². The maximum absolute atomic E-state index is 3.46. The Hall–Kier alpha value is -3.45. The Morgan fingerprint density at radius 1 is 0.432 bits per heavy atom. The predicted molar refractivity (Wildman–Crippen MR) is 156 cm³/mol. The Labute approximate surface area is 239 Å². The Morgan fingerprint density at radius 3 is 1.00 bits per heavy atom. The predicted octanol–water partition coefficient (Wildman–Crippen LogP) is 9.72. The molecule has 0 saturated heterocycles. The van der Waals surface area contributed by atoms with Gasteiger partial charge in [0.15, 0.2) is 0 Å². The first-order chi connectivity index (χ1) is 17.7. The summed E-state index contributed by atoms with van der Waals surface area (Å²) in [6.07, 6.45) is 8.75. The minimum absolute atomic E-state index is 0. The summed E-state index contributed by atoms with van der Waals surface area (Å²) in [6.45, 7) is 4.30. The van der Waals surface area contributed by atoms with Crippen LogP contribution in [-0.4, -0.2) is 0 Å². The summed E-state index contributed by atoms with van der Waals surface area (Å²) in [4.78, 5) is 0. The van der Waals surface area contributed by atoms with Gasteiger partial charge in [-0.05, 0) is 11.1 Å². The molecule has 6 rings (SSSR count). The topological polar surface area (TPSA) is 0 Å². The first kappa shape index (κ1) is 26.6. The summed E-state index contributed by atoms with van der Waals surface area (Å²) >= 11 is 0. The SMILES string of the molecule is CC1=[C-]CC(c2ccccc2)=C1c1ccccc1.CC1=[C-]CC(c2ccccc2)=C1c1ccccc1.[H-].[H-].[Ti+2]. The largest absolute Gasteiger partial charge is 2.00 e. The van der Waals surface area contributed by atoms with E-state index in [1.807, 2.05) is 0 Å². The molecule has 0 unspecified atom stereocenters. The van der Waals surface area contributed by atoms with Crippen molar-refractivity contribution in [2.45, 2.75) is 26.7 Å². The average Bonchev–Trinajstić information content (AvgIpc) is 3.53. The van der Waals surface area contributed by atoms with Crippen molar-refractivity contribution in [2.24, 2.45) is 0 Å². The fourth-order valence-electron chi connectivity index (χ4n) is 5.01. The normalized spacial score (nSPS) is 14.4. The second kappa shape index (κ2) is 12.7. The van der Waals surface area contributed by atoms with Crippen LogP contribution in [0.25, 0.3) is 22.3 Å². The van der Waals surface area contributed by atoms with E-state index in [1.165, 1.54) is 55.7 Å². The number of hydrogen-bond acceptors (Lipinski definition) is 0. The van der Waals surface area contributed by atoms with Crippen LogP contribution in [0.4, 0.5) is 0 Å². The van der Waals surface area contributed by atoms with E-state index in [1.54, 1.807) is 0 Å². The van der Waals surface area contributed by atoms with E-state index in [-0.39, 0.29) is 24.6 Å². The Bertz CT molecular complexity index is 1340. The number of benzene rings is 4. The molecule has 182 valence electrons. The molecule has 0 fully saturated rings. The van der Waals surface area contributed by atoms with Gasteiger partial charge >= 0.3 is 21.7 Å². The quantitative estimate of drug-likeness (QED) is 0.189. The zero-order valence-electron chi connectivity index (χ0n) is 23.5. The van der Waals surface area contributed by atoms with Crippen LogP contribution in [0.1, 0.15) is 51.8 Å². The molecule has 2 aliphatic carbocycles. The molecule has 1 heteroatoms. The zero-order chi connectivity index (χ0) is 24.7. The van der Waals surface area contributed by atoms with Crippen molar-refractivity contribution in [3.05, 3.63) is 167 Å². The van der Waals surface area contributed by atoms with Crippen molar-refractivity contribution >= 4 is 22.3 Å². The molecule has 0 radical (unpaired) electrons. The van der Waals surface area contributed by atoms with E-state index in [9.17, 15) is 0 Å². The summed E-state index contributed by atoms with van der Waals surface area (Å²) in [5.74, 6) is 0. The van der Waals surface area contributed by atoms with E-state index >= 15 is 0 Å². The first-order valence-electron chi connectivity index (χ1n) is 12.6. The second-order valence-electron chi connectivity index (χ2n) is 9.13. The second-order valence-corrected chi connectivity index (χ2v) is 9.13. The van der Waals surface area contributed by atoms with Crippen LogP contribution in [0.3, 0.4) is 0 Å².